The van der Waals surface area contributed by atoms with Crippen molar-refractivity contribution in [1.82, 2.24) is 0 Å². The Bertz CT molecular complexity index is 683. The number of hydrogen-bond donors (Lipinski definition) is 0. The molecule has 0 unspecified atom stereocenters. The summed E-state index contributed by atoms with van der Waals surface area (Å²) in [5.74, 6) is -8.61. The van der Waals surface area contributed by atoms with Crippen molar-refractivity contribution in [3.8, 4) is 0 Å². The molecule has 0 aliphatic heterocycles. The summed E-state index contributed by atoms with van der Waals surface area (Å²) in [4.78, 5) is 0. The predicted molar refractivity (Wildman–Crippen MR) is 62.4 cm³/mol. The van der Waals surface area contributed by atoms with Gasteiger partial charge in [-0.15, -0.1) is 0 Å². The highest BCUT2D eigenvalue weighted by molar-refractivity contribution is 6.67. The minimum absolute atomic E-state index is 0.0426. The van der Waals surface area contributed by atoms with Crippen LogP contribution in [0.4, 0.5) is 26.3 Å². The van der Waals surface area contributed by atoms with Crippen molar-refractivity contribution in [2.45, 2.75) is 6.92 Å². The lowest BCUT2D eigenvalue weighted by molar-refractivity contribution is 0.440. The van der Waals surface area contributed by atoms with Gasteiger partial charge in [0.2, 0.25) is 7.28 Å². The molecule has 2 rings (SSSR count). The maximum Gasteiger partial charge on any atom is 0.203 e. The van der Waals surface area contributed by atoms with Crippen LogP contribution in [0.2, 0.25) is 0 Å². The Morgan fingerprint density at radius 3 is 1.95 bits per heavy atom. The molecule has 0 aliphatic rings. The van der Waals surface area contributed by atoms with E-state index >= 15 is 0 Å². The standard InChI is InChI=1S/C13H6BF6/c1-5-2-6(8(16)3-7(5)15)14-11-9(17)4-10(18)12(19)13(11)20/h2-4H,1H3. The zero-order valence-corrected chi connectivity index (χ0v) is 10.1. The lowest BCUT2D eigenvalue weighted by Crippen LogP contribution is -2.35. The summed E-state index contributed by atoms with van der Waals surface area (Å²) < 4.78 is 79.2. The average molecular weight is 287 g/mol. The molecule has 0 spiro atoms. The minimum Gasteiger partial charge on any atom is -0.208 e. The summed E-state index contributed by atoms with van der Waals surface area (Å²) in [6, 6.07) is 1.69. The van der Waals surface area contributed by atoms with E-state index in [2.05, 4.69) is 0 Å². The molecular formula is C13H6BF6. The van der Waals surface area contributed by atoms with Gasteiger partial charge in [0.25, 0.3) is 0 Å². The molecule has 20 heavy (non-hydrogen) atoms. The molecule has 0 aliphatic carbocycles. The van der Waals surface area contributed by atoms with Crippen LogP contribution in [0.5, 0.6) is 0 Å². The fourth-order valence-electron chi connectivity index (χ4n) is 1.66. The third-order valence-corrected chi connectivity index (χ3v) is 2.73. The first-order valence-electron chi connectivity index (χ1n) is 5.44. The number of hydrogen-bond acceptors (Lipinski definition) is 0. The first-order chi connectivity index (χ1) is 9.31. The van der Waals surface area contributed by atoms with E-state index in [0.717, 1.165) is 6.07 Å². The van der Waals surface area contributed by atoms with E-state index in [1.54, 1.807) is 0 Å². The second-order valence-corrected chi connectivity index (χ2v) is 4.15. The maximum absolute atomic E-state index is 13.5. The molecule has 0 nitrogen and oxygen atoms in total. The normalized spacial score (nSPS) is 10.8. The first-order valence-corrected chi connectivity index (χ1v) is 5.44. The molecule has 0 atom stereocenters. The monoisotopic (exact) mass is 287 g/mol. The number of rotatable bonds is 2. The highest BCUT2D eigenvalue weighted by Gasteiger charge is 2.21. The third-order valence-electron chi connectivity index (χ3n) is 2.73. The van der Waals surface area contributed by atoms with Gasteiger partial charge in [0.1, 0.15) is 17.5 Å². The van der Waals surface area contributed by atoms with Crippen molar-refractivity contribution in [2.75, 3.05) is 0 Å². The smallest absolute Gasteiger partial charge is 0.203 e. The van der Waals surface area contributed by atoms with Crippen molar-refractivity contribution < 1.29 is 26.3 Å². The molecular weight excluding hydrogens is 281 g/mol. The molecule has 7 heteroatoms. The van der Waals surface area contributed by atoms with E-state index in [1.807, 2.05) is 0 Å². The zero-order chi connectivity index (χ0) is 15.0. The largest absolute Gasteiger partial charge is 0.208 e. The van der Waals surface area contributed by atoms with E-state index in [1.165, 1.54) is 6.92 Å². The summed E-state index contributed by atoms with van der Waals surface area (Å²) in [7, 11) is 0.648. The van der Waals surface area contributed by atoms with Crippen molar-refractivity contribution in [3.63, 3.8) is 0 Å². The van der Waals surface area contributed by atoms with Crippen LogP contribution in [0.3, 0.4) is 0 Å². The van der Waals surface area contributed by atoms with Gasteiger partial charge in [-0.05, 0) is 23.4 Å². The number of halogens is 6. The highest BCUT2D eigenvalue weighted by atomic mass is 19.2. The topological polar surface area (TPSA) is 0 Å². The van der Waals surface area contributed by atoms with Crippen molar-refractivity contribution in [2.24, 2.45) is 0 Å². The Morgan fingerprint density at radius 2 is 1.30 bits per heavy atom. The molecule has 0 N–H and O–H groups in total. The van der Waals surface area contributed by atoms with Crippen molar-refractivity contribution in [3.05, 3.63) is 58.7 Å². The van der Waals surface area contributed by atoms with Gasteiger partial charge in [0, 0.05) is 12.1 Å². The molecule has 0 bridgehead atoms. The summed E-state index contributed by atoms with van der Waals surface area (Å²) in [6.45, 7) is 1.32. The Morgan fingerprint density at radius 1 is 0.700 bits per heavy atom. The maximum atomic E-state index is 13.5. The molecule has 103 valence electrons. The quantitative estimate of drug-likeness (QED) is 0.344. The summed E-state index contributed by atoms with van der Waals surface area (Å²) in [5, 5.41) is 0. The zero-order valence-electron chi connectivity index (χ0n) is 10.1. The van der Waals surface area contributed by atoms with Crippen LogP contribution in [0, 0.1) is 41.8 Å². The second kappa shape index (κ2) is 5.23. The van der Waals surface area contributed by atoms with Gasteiger partial charge in [-0.3, -0.25) is 0 Å². The van der Waals surface area contributed by atoms with Crippen molar-refractivity contribution >= 4 is 18.2 Å². The number of benzene rings is 2. The van der Waals surface area contributed by atoms with Crippen LogP contribution in [0.25, 0.3) is 0 Å². The molecule has 0 heterocycles. The second-order valence-electron chi connectivity index (χ2n) is 4.15. The average Bonchev–Trinajstić information content (AvgIpc) is 2.38. The Hall–Kier alpha value is -1.92. The van der Waals surface area contributed by atoms with Gasteiger partial charge in [0.05, 0.1) is 0 Å². The molecule has 0 saturated heterocycles. The van der Waals surface area contributed by atoms with Crippen LogP contribution < -0.4 is 10.9 Å². The SMILES string of the molecule is Cc1cc([B]c2c(F)cc(F)c(F)c2F)c(F)cc1F. The third kappa shape index (κ3) is 2.52. The molecule has 2 aromatic carbocycles. The highest BCUT2D eigenvalue weighted by Crippen LogP contribution is 2.11. The van der Waals surface area contributed by atoms with Gasteiger partial charge >= 0.3 is 0 Å². The van der Waals surface area contributed by atoms with Crippen LogP contribution in [0.15, 0.2) is 18.2 Å². The Kier molecular flexibility index (Phi) is 3.79. The van der Waals surface area contributed by atoms with Crippen LogP contribution in [0.1, 0.15) is 5.56 Å². The van der Waals surface area contributed by atoms with E-state index in [9.17, 15) is 26.3 Å². The van der Waals surface area contributed by atoms with Gasteiger partial charge < -0.3 is 0 Å². The van der Waals surface area contributed by atoms with Crippen LogP contribution >= 0.6 is 0 Å². The van der Waals surface area contributed by atoms with Gasteiger partial charge in [-0.1, -0.05) is 6.07 Å². The molecule has 2 aromatic rings. The predicted octanol–water partition coefficient (Wildman–Crippen LogP) is 2.48. The van der Waals surface area contributed by atoms with Crippen LogP contribution in [-0.2, 0) is 0 Å². The minimum atomic E-state index is -1.86. The Balaban J connectivity index is 2.51. The Labute approximate surface area is 111 Å². The van der Waals surface area contributed by atoms with Crippen LogP contribution in [-0.4, -0.2) is 7.28 Å². The molecule has 0 amide bonds. The number of aryl methyl sites for hydroxylation is 1. The van der Waals surface area contributed by atoms with E-state index in [4.69, 9.17) is 0 Å². The first kappa shape index (κ1) is 14.5. The van der Waals surface area contributed by atoms with Gasteiger partial charge in [0.15, 0.2) is 17.5 Å². The van der Waals surface area contributed by atoms with E-state index < -0.39 is 40.4 Å². The summed E-state index contributed by atoms with van der Waals surface area (Å²) in [6.07, 6.45) is 0. The fraction of sp³-hybridized carbons (Fsp3) is 0.0769. The van der Waals surface area contributed by atoms with E-state index in [-0.39, 0.29) is 17.1 Å². The summed E-state index contributed by atoms with van der Waals surface area (Å²) >= 11 is 0. The molecule has 1 radical (unpaired) electrons. The lowest BCUT2D eigenvalue weighted by atomic mass is 9.63. The van der Waals surface area contributed by atoms with Gasteiger partial charge in [-0.25, -0.2) is 26.3 Å². The fourth-order valence-corrected chi connectivity index (χ4v) is 1.66. The lowest BCUT2D eigenvalue weighted by Gasteiger charge is -2.08. The van der Waals surface area contributed by atoms with Gasteiger partial charge in [-0.2, -0.15) is 0 Å². The summed E-state index contributed by atoms with van der Waals surface area (Å²) in [5.41, 5.74) is -1.23. The van der Waals surface area contributed by atoms with E-state index in [0.29, 0.717) is 13.3 Å². The molecule has 0 fully saturated rings. The van der Waals surface area contributed by atoms with Crippen molar-refractivity contribution in [1.29, 1.82) is 0 Å². The molecule has 0 saturated carbocycles. The molecule has 0 aromatic heterocycles.